The maximum atomic E-state index is 12.2. The fraction of sp³-hybridized carbons (Fsp3) is 0.444. The number of benzene rings is 1. The highest BCUT2D eigenvalue weighted by Gasteiger charge is 2.34. The zero-order valence-electron chi connectivity index (χ0n) is 15.1. The van der Waals surface area contributed by atoms with Crippen LogP contribution in [0.1, 0.15) is 24.3 Å². The molecule has 0 unspecified atom stereocenters. The van der Waals surface area contributed by atoms with Crippen LogP contribution in [0, 0.1) is 12.8 Å². The average Bonchev–Trinajstić information content (AvgIpc) is 3.15. The molecule has 1 aromatic carbocycles. The third-order valence-corrected chi connectivity index (χ3v) is 4.70. The number of hydrogen-bond donors (Lipinski definition) is 4. The molecular weight excluding hydrogens is 374 g/mol. The normalized spacial score (nSPS) is 21.6. The molecule has 0 saturated heterocycles. The van der Waals surface area contributed by atoms with Crippen molar-refractivity contribution in [2.45, 2.75) is 38.5 Å². The molecule has 1 amide bonds. The van der Waals surface area contributed by atoms with Crippen LogP contribution in [0.2, 0.25) is 0 Å². The number of phenolic OH excluding ortho intramolecular Hbond substituents is 1. The first-order valence-electron chi connectivity index (χ1n) is 8.44. The monoisotopic (exact) mass is 397 g/mol. The van der Waals surface area contributed by atoms with Crippen LogP contribution >= 0.6 is 12.4 Å². The molecule has 1 aliphatic rings. The van der Waals surface area contributed by atoms with E-state index in [9.17, 15) is 15.0 Å². The Morgan fingerprint density at radius 3 is 2.78 bits per heavy atom. The molecule has 3 atom stereocenters. The number of methoxy groups -OCH3 is 1. The van der Waals surface area contributed by atoms with Gasteiger partial charge in [0.25, 0.3) is 0 Å². The lowest BCUT2D eigenvalue weighted by atomic mass is 10.1. The topological polar surface area (TPSA) is 131 Å². The molecule has 0 radical (unpaired) electrons. The minimum Gasteiger partial charge on any atom is -0.504 e. The Balaban J connectivity index is 0.00000261. The number of aliphatic hydroxyl groups is 1. The number of carbonyl (C=O) groups excluding carboxylic acids is 1. The molecule has 9 heteroatoms. The minimum atomic E-state index is -0.631. The van der Waals surface area contributed by atoms with E-state index in [0.29, 0.717) is 41.5 Å². The molecule has 1 heterocycles. The van der Waals surface area contributed by atoms with Crippen molar-refractivity contribution in [1.82, 2.24) is 10.3 Å². The molecule has 1 aromatic heterocycles. The van der Waals surface area contributed by atoms with Gasteiger partial charge in [-0.15, -0.1) is 12.4 Å². The summed E-state index contributed by atoms with van der Waals surface area (Å²) in [7, 11) is 1.47. The van der Waals surface area contributed by atoms with E-state index in [1.54, 1.807) is 19.1 Å². The second-order valence-corrected chi connectivity index (χ2v) is 6.53. The first kappa shape index (κ1) is 21.0. The van der Waals surface area contributed by atoms with Gasteiger partial charge in [0.2, 0.25) is 11.8 Å². The smallest absolute Gasteiger partial charge is 0.226 e. The van der Waals surface area contributed by atoms with E-state index in [4.69, 9.17) is 14.9 Å². The molecule has 1 fully saturated rings. The number of carbonyl (C=O) groups is 1. The van der Waals surface area contributed by atoms with E-state index < -0.39 is 6.10 Å². The first-order valence-corrected chi connectivity index (χ1v) is 8.44. The molecular formula is C18H24ClN3O5. The molecule has 148 valence electrons. The standard InChI is InChI=1S/C18H23N3O5.ClH/c1-9-13(8-20-17(24)11-5-12(19)14(22)7-11)21-18(26-9)10-3-4-16(25-2)15(23)6-10;/h3-4,6,11-12,14,22-23H,5,7-8,19H2,1-2H3,(H,20,24);1H/t11-,12+,14+;/m0./s1. The van der Waals surface area contributed by atoms with Crippen LogP contribution in [0.3, 0.4) is 0 Å². The molecule has 5 N–H and O–H groups in total. The van der Waals surface area contributed by atoms with Crippen LogP contribution < -0.4 is 15.8 Å². The lowest BCUT2D eigenvalue weighted by Crippen LogP contribution is -2.30. The summed E-state index contributed by atoms with van der Waals surface area (Å²) in [6, 6.07) is 4.51. The van der Waals surface area contributed by atoms with Crippen LogP contribution in [0.15, 0.2) is 22.6 Å². The maximum absolute atomic E-state index is 12.2. The summed E-state index contributed by atoms with van der Waals surface area (Å²) in [5.41, 5.74) is 6.96. The number of amides is 1. The largest absolute Gasteiger partial charge is 0.504 e. The van der Waals surface area contributed by atoms with Gasteiger partial charge in [-0.25, -0.2) is 4.98 Å². The van der Waals surface area contributed by atoms with Crippen LogP contribution in [-0.2, 0) is 11.3 Å². The lowest BCUT2D eigenvalue weighted by Gasteiger charge is -2.09. The maximum Gasteiger partial charge on any atom is 0.226 e. The van der Waals surface area contributed by atoms with Crippen molar-refractivity contribution in [3.63, 3.8) is 0 Å². The quantitative estimate of drug-likeness (QED) is 0.601. The Labute approximate surface area is 163 Å². The number of rotatable bonds is 5. The van der Waals surface area contributed by atoms with Gasteiger partial charge in [0.15, 0.2) is 11.5 Å². The second kappa shape index (κ2) is 8.60. The number of aromatic hydroxyl groups is 1. The number of ether oxygens (including phenoxy) is 1. The number of nitrogens with zero attached hydrogens (tertiary/aromatic N) is 1. The molecule has 27 heavy (non-hydrogen) atoms. The summed E-state index contributed by atoms with van der Waals surface area (Å²) in [5.74, 6) is 0.850. The van der Waals surface area contributed by atoms with Gasteiger partial charge < -0.3 is 30.4 Å². The average molecular weight is 398 g/mol. The Morgan fingerprint density at radius 2 is 2.19 bits per heavy atom. The van der Waals surface area contributed by atoms with Crippen molar-refractivity contribution >= 4 is 18.3 Å². The van der Waals surface area contributed by atoms with Gasteiger partial charge in [-0.1, -0.05) is 0 Å². The van der Waals surface area contributed by atoms with E-state index >= 15 is 0 Å². The van der Waals surface area contributed by atoms with Crippen molar-refractivity contribution < 1.29 is 24.2 Å². The van der Waals surface area contributed by atoms with Gasteiger partial charge in [0, 0.05) is 17.5 Å². The number of nitrogens with two attached hydrogens (primary N) is 1. The van der Waals surface area contributed by atoms with Gasteiger partial charge in [-0.05, 0) is 38.0 Å². The Hall–Kier alpha value is -2.29. The number of aryl methyl sites for hydroxylation is 1. The fourth-order valence-electron chi connectivity index (χ4n) is 3.12. The van der Waals surface area contributed by atoms with E-state index in [1.807, 2.05) is 0 Å². The fourth-order valence-corrected chi connectivity index (χ4v) is 3.12. The van der Waals surface area contributed by atoms with E-state index in [1.165, 1.54) is 13.2 Å². The Morgan fingerprint density at radius 1 is 1.44 bits per heavy atom. The zero-order valence-corrected chi connectivity index (χ0v) is 16.0. The first-order chi connectivity index (χ1) is 12.4. The third-order valence-electron chi connectivity index (χ3n) is 4.70. The number of phenols is 1. The van der Waals surface area contributed by atoms with Crippen molar-refractivity contribution in [2.24, 2.45) is 11.7 Å². The zero-order chi connectivity index (χ0) is 18.8. The van der Waals surface area contributed by atoms with Crippen LogP contribution in [0.25, 0.3) is 11.5 Å². The predicted octanol–water partition coefficient (Wildman–Crippen LogP) is 1.50. The predicted molar refractivity (Wildman–Crippen MR) is 101 cm³/mol. The lowest BCUT2D eigenvalue weighted by molar-refractivity contribution is -0.125. The molecule has 1 saturated carbocycles. The van der Waals surface area contributed by atoms with E-state index in [-0.39, 0.29) is 42.6 Å². The number of hydrogen-bond acceptors (Lipinski definition) is 7. The Kier molecular flexibility index (Phi) is 6.69. The number of halogens is 1. The van der Waals surface area contributed by atoms with Crippen LogP contribution in [-0.4, -0.2) is 40.4 Å². The van der Waals surface area contributed by atoms with Gasteiger partial charge in [0.05, 0.1) is 19.8 Å². The summed E-state index contributed by atoms with van der Waals surface area (Å²) in [4.78, 5) is 16.6. The highest BCUT2D eigenvalue weighted by Crippen LogP contribution is 2.31. The summed E-state index contributed by atoms with van der Waals surface area (Å²) >= 11 is 0. The number of aromatic nitrogens is 1. The van der Waals surface area contributed by atoms with Crippen molar-refractivity contribution in [1.29, 1.82) is 0 Å². The SMILES string of the molecule is COc1ccc(-c2nc(CNC(=O)[C@H]3C[C@@H](N)[C@H](O)C3)c(C)o2)cc1O.Cl. The van der Waals surface area contributed by atoms with Crippen molar-refractivity contribution in [3.8, 4) is 23.0 Å². The highest BCUT2D eigenvalue weighted by atomic mass is 35.5. The van der Waals surface area contributed by atoms with Crippen molar-refractivity contribution in [3.05, 3.63) is 29.7 Å². The number of nitrogens with one attached hydrogen (secondary N) is 1. The van der Waals surface area contributed by atoms with E-state index in [2.05, 4.69) is 10.3 Å². The van der Waals surface area contributed by atoms with E-state index in [0.717, 1.165) is 0 Å². The van der Waals surface area contributed by atoms with Gasteiger partial charge in [0.1, 0.15) is 11.5 Å². The molecule has 8 nitrogen and oxygen atoms in total. The molecule has 0 spiro atoms. The second-order valence-electron chi connectivity index (χ2n) is 6.53. The van der Waals surface area contributed by atoms with Crippen LogP contribution in [0.5, 0.6) is 11.5 Å². The molecule has 0 bridgehead atoms. The molecule has 3 rings (SSSR count). The van der Waals surface area contributed by atoms with Crippen LogP contribution in [0.4, 0.5) is 0 Å². The summed E-state index contributed by atoms with van der Waals surface area (Å²) in [6.07, 6.45) is 0.219. The highest BCUT2D eigenvalue weighted by molar-refractivity contribution is 5.85. The Bertz CT molecular complexity index is 800. The molecule has 1 aliphatic carbocycles. The summed E-state index contributed by atoms with van der Waals surface area (Å²) in [6.45, 7) is 1.98. The van der Waals surface area contributed by atoms with Gasteiger partial charge >= 0.3 is 0 Å². The van der Waals surface area contributed by atoms with Crippen molar-refractivity contribution in [2.75, 3.05) is 7.11 Å². The number of oxazole rings is 1. The van der Waals surface area contributed by atoms with Gasteiger partial charge in [-0.3, -0.25) is 4.79 Å². The summed E-state index contributed by atoms with van der Waals surface area (Å²) in [5, 5.41) is 22.4. The summed E-state index contributed by atoms with van der Waals surface area (Å²) < 4.78 is 10.7. The molecule has 2 aromatic rings. The molecule has 0 aliphatic heterocycles. The number of aliphatic hydroxyl groups excluding tert-OH is 1. The third kappa shape index (κ3) is 4.52. The van der Waals surface area contributed by atoms with Gasteiger partial charge in [-0.2, -0.15) is 0 Å². The minimum absolute atomic E-state index is 0.